The summed E-state index contributed by atoms with van der Waals surface area (Å²) in [6.45, 7) is 5.58. The van der Waals surface area contributed by atoms with E-state index in [1.165, 1.54) is 18.1 Å². The summed E-state index contributed by atoms with van der Waals surface area (Å²) in [6.07, 6.45) is 1.14. The number of carboxylic acid groups (broad SMARTS) is 1. The number of nitro groups is 1. The highest BCUT2D eigenvalue weighted by Gasteiger charge is 2.40. The van der Waals surface area contributed by atoms with Crippen molar-refractivity contribution in [2.45, 2.75) is 45.2 Å². The summed E-state index contributed by atoms with van der Waals surface area (Å²) in [7, 11) is -1.13. The molecule has 2 rings (SSSR count). The molecule has 1 heterocycles. The molecule has 0 unspecified atom stereocenters. The van der Waals surface area contributed by atoms with Crippen LogP contribution in [0, 0.1) is 10.1 Å². The van der Waals surface area contributed by atoms with E-state index in [0.717, 1.165) is 0 Å². The Morgan fingerprint density at radius 3 is 2.35 bits per heavy atom. The van der Waals surface area contributed by atoms with E-state index in [9.17, 15) is 24.9 Å². The van der Waals surface area contributed by atoms with Crippen molar-refractivity contribution in [3.8, 4) is 5.75 Å². The molecule has 1 aliphatic rings. The number of carbonyl (C=O) groups is 1. The predicted octanol–water partition coefficient (Wildman–Crippen LogP) is 3.09. The molecule has 1 aliphatic heterocycles. The van der Waals surface area contributed by atoms with Crippen molar-refractivity contribution in [3.63, 3.8) is 0 Å². The molecule has 1 fully saturated rings. The summed E-state index contributed by atoms with van der Waals surface area (Å²) >= 11 is 0. The third-order valence-electron chi connectivity index (χ3n) is 4.80. The van der Waals surface area contributed by atoms with Gasteiger partial charge in [0, 0.05) is 30.4 Å². The van der Waals surface area contributed by atoms with Gasteiger partial charge in [0.25, 0.3) is 0 Å². The largest absolute Gasteiger partial charge is 0.490 e. The highest BCUT2D eigenvalue weighted by Crippen LogP contribution is 2.58. The second kappa shape index (κ2) is 7.37. The van der Waals surface area contributed by atoms with Crippen LogP contribution in [0.15, 0.2) is 18.2 Å². The Bertz CT molecular complexity index is 695. The zero-order valence-electron chi connectivity index (χ0n) is 15.5. The highest BCUT2D eigenvalue weighted by molar-refractivity contribution is 7.77. The lowest BCUT2D eigenvalue weighted by Gasteiger charge is -2.45. The van der Waals surface area contributed by atoms with Crippen LogP contribution in [0.2, 0.25) is 0 Å². The quantitative estimate of drug-likeness (QED) is 0.468. The molecule has 0 bridgehead atoms. The monoisotopic (exact) mass is 385 g/mol. The number of hydrogen-bond donors (Lipinski definition) is 2. The molecule has 9 heteroatoms. The van der Waals surface area contributed by atoms with Crippen molar-refractivity contribution < 1.29 is 24.5 Å². The summed E-state index contributed by atoms with van der Waals surface area (Å²) in [5, 5.41) is 21.2. The van der Waals surface area contributed by atoms with Crippen LogP contribution in [0.25, 0.3) is 0 Å². The first-order valence-corrected chi connectivity index (χ1v) is 10.6. The molecular formula is C17H26N2O6P. The molecule has 2 N–H and O–H groups in total. The molecule has 145 valence electrons. The van der Waals surface area contributed by atoms with Crippen molar-refractivity contribution in [3.05, 3.63) is 28.3 Å². The third kappa shape index (κ3) is 4.07. The number of nitrogens with zero attached hydrogens (tertiary/aromatic N) is 2. The fourth-order valence-electron chi connectivity index (χ4n) is 3.56. The maximum Gasteiger partial charge on any atom is 0.407 e. The number of nitro benzene ring substituents is 1. The standard InChI is InChI=1S/C17H26N2O6P/c1-17(2,3)18(16(20)21)12-7-9-26(24,10-8-12)13-5-6-14(19(22)23)15(11-13)25-4/h5-6,11-12,24H,7-10H2,1-4H3,(H,20,21). The van der Waals surface area contributed by atoms with E-state index < -0.39 is 24.0 Å². The molecule has 0 saturated carbocycles. The van der Waals surface area contributed by atoms with E-state index >= 15 is 0 Å². The molecule has 26 heavy (non-hydrogen) atoms. The van der Waals surface area contributed by atoms with Crippen LogP contribution in [0.4, 0.5) is 10.5 Å². The van der Waals surface area contributed by atoms with Crippen molar-refractivity contribution in [2.24, 2.45) is 0 Å². The smallest absolute Gasteiger partial charge is 0.407 e. The molecular weight excluding hydrogens is 359 g/mol. The van der Waals surface area contributed by atoms with E-state index in [2.05, 4.69) is 0 Å². The number of amides is 1. The number of methoxy groups -OCH3 is 1. The minimum atomic E-state index is -2.49. The fourth-order valence-corrected chi connectivity index (χ4v) is 6.46. The Balaban J connectivity index is 2.22. The molecule has 1 amide bonds. The lowest BCUT2D eigenvalue weighted by molar-refractivity contribution is -0.385. The number of ether oxygens (including phenoxy) is 1. The van der Waals surface area contributed by atoms with Crippen LogP contribution in [0.1, 0.15) is 33.6 Å². The Labute approximate surface area is 153 Å². The van der Waals surface area contributed by atoms with Crippen LogP contribution in [-0.4, -0.2) is 56.9 Å². The predicted molar refractivity (Wildman–Crippen MR) is 101 cm³/mol. The average Bonchev–Trinajstić information content (AvgIpc) is 2.54. The van der Waals surface area contributed by atoms with E-state index in [1.807, 2.05) is 20.8 Å². The lowest BCUT2D eigenvalue weighted by atomic mass is 10.0. The van der Waals surface area contributed by atoms with Gasteiger partial charge in [-0.3, -0.25) is 10.1 Å². The average molecular weight is 385 g/mol. The highest BCUT2D eigenvalue weighted by atomic mass is 31.2. The fraction of sp³-hybridized carbons (Fsp3) is 0.588. The summed E-state index contributed by atoms with van der Waals surface area (Å²) in [6, 6.07) is 4.35. The summed E-state index contributed by atoms with van der Waals surface area (Å²) < 4.78 is 5.10. The first-order valence-electron chi connectivity index (χ1n) is 8.44. The zero-order chi connectivity index (χ0) is 19.7. The van der Waals surface area contributed by atoms with Crippen molar-refractivity contribution in [1.82, 2.24) is 4.90 Å². The van der Waals surface area contributed by atoms with Crippen molar-refractivity contribution >= 4 is 24.6 Å². The van der Waals surface area contributed by atoms with E-state index in [-0.39, 0.29) is 17.5 Å². The normalized spacial score (nSPS) is 23.3. The molecule has 8 nitrogen and oxygen atoms in total. The Hall–Kier alpha value is -1.92. The van der Waals surface area contributed by atoms with Gasteiger partial charge in [0.2, 0.25) is 0 Å². The van der Waals surface area contributed by atoms with Gasteiger partial charge in [-0.05, 0) is 58.1 Å². The first kappa shape index (κ1) is 20.4. The molecule has 0 aromatic heterocycles. The van der Waals surface area contributed by atoms with Crippen LogP contribution >= 0.6 is 7.49 Å². The van der Waals surface area contributed by atoms with Gasteiger partial charge in [0.1, 0.15) is 0 Å². The van der Waals surface area contributed by atoms with Gasteiger partial charge in [-0.15, -0.1) is 0 Å². The number of hydrogen-bond acceptors (Lipinski definition) is 5. The van der Waals surface area contributed by atoms with Crippen molar-refractivity contribution in [2.75, 3.05) is 19.4 Å². The Kier molecular flexibility index (Phi) is 5.78. The van der Waals surface area contributed by atoms with Crippen LogP contribution in [0.5, 0.6) is 5.75 Å². The maximum atomic E-state index is 11.7. The summed E-state index contributed by atoms with van der Waals surface area (Å²) in [5.41, 5.74) is -0.649. The minimum Gasteiger partial charge on any atom is -0.490 e. The molecule has 0 atom stereocenters. The van der Waals surface area contributed by atoms with Gasteiger partial charge in [-0.2, -0.15) is 0 Å². The number of rotatable bonds is 4. The SMILES string of the molecule is COc1cc([P]2(O)CCC(N(C(=O)O)C(C)(C)C)CC2)ccc1[N+](=O)[O-]. The Morgan fingerprint density at radius 2 is 1.92 bits per heavy atom. The summed E-state index contributed by atoms with van der Waals surface area (Å²) in [5.74, 6) is 0.130. The zero-order valence-corrected chi connectivity index (χ0v) is 16.4. The van der Waals surface area contributed by atoms with E-state index in [1.54, 1.807) is 12.1 Å². The van der Waals surface area contributed by atoms with E-state index in [4.69, 9.17) is 4.74 Å². The van der Waals surface area contributed by atoms with Crippen molar-refractivity contribution in [1.29, 1.82) is 0 Å². The van der Waals surface area contributed by atoms with Gasteiger partial charge < -0.3 is 19.6 Å². The Morgan fingerprint density at radius 1 is 1.35 bits per heavy atom. The van der Waals surface area contributed by atoms with Gasteiger partial charge in [0.05, 0.1) is 12.0 Å². The van der Waals surface area contributed by atoms with Gasteiger partial charge in [0.15, 0.2) is 5.75 Å². The van der Waals surface area contributed by atoms with Gasteiger partial charge >= 0.3 is 11.8 Å². The maximum absolute atomic E-state index is 11.7. The topological polar surface area (TPSA) is 113 Å². The molecule has 0 spiro atoms. The lowest BCUT2D eigenvalue weighted by Crippen LogP contribution is -2.53. The molecule has 1 aromatic carbocycles. The molecule has 0 aliphatic carbocycles. The summed E-state index contributed by atoms with van der Waals surface area (Å²) in [4.78, 5) is 34.8. The van der Waals surface area contributed by atoms with E-state index in [0.29, 0.717) is 30.5 Å². The molecule has 1 saturated heterocycles. The third-order valence-corrected chi connectivity index (χ3v) is 8.03. The van der Waals surface area contributed by atoms with Crippen LogP contribution in [-0.2, 0) is 0 Å². The van der Waals surface area contributed by atoms with Gasteiger partial charge in [-0.25, -0.2) is 4.79 Å². The second-order valence-corrected chi connectivity index (χ2v) is 10.8. The minimum absolute atomic E-state index is 0.130. The van der Waals surface area contributed by atoms with Crippen LogP contribution < -0.4 is 10.0 Å². The number of benzene rings is 1. The first-order chi connectivity index (χ1) is 12.0. The van der Waals surface area contributed by atoms with Crippen LogP contribution in [0.3, 0.4) is 0 Å². The second-order valence-electron chi connectivity index (χ2n) is 7.54. The molecule has 1 radical (unpaired) electrons. The van der Waals surface area contributed by atoms with Gasteiger partial charge in [-0.1, -0.05) is 0 Å². The molecule has 1 aromatic rings.